The van der Waals surface area contributed by atoms with Gasteiger partial charge in [0.05, 0.1) is 13.2 Å². The normalized spacial score (nSPS) is 11.8. The zero-order valence-electron chi connectivity index (χ0n) is 16.6. The monoisotopic (exact) mass is 386 g/mol. The molecule has 0 bridgehead atoms. The molecule has 4 heteroatoms. The zero-order chi connectivity index (χ0) is 19.5. The Morgan fingerprint density at radius 1 is 0.926 bits per heavy atom. The second kappa shape index (κ2) is 11.7. The molecule has 0 N–H and O–H groups in total. The fraction of sp³-hybridized carbons (Fsp3) is 0.435. The quantitative estimate of drug-likeness (QED) is 0.256. The molecule has 0 unspecified atom stereocenters. The van der Waals surface area contributed by atoms with Crippen LogP contribution in [0.3, 0.4) is 0 Å². The molecule has 0 radical (unpaired) electrons. The number of carbonyl (C=O) groups excluding carboxylic acids is 1. The lowest BCUT2D eigenvalue weighted by atomic mass is 10.1. The molecule has 0 amide bonds. The summed E-state index contributed by atoms with van der Waals surface area (Å²) in [4.78, 5) is 12.8. The van der Waals surface area contributed by atoms with Gasteiger partial charge < -0.3 is 9.47 Å². The number of rotatable bonds is 11. The van der Waals surface area contributed by atoms with Crippen LogP contribution >= 0.6 is 11.8 Å². The first-order valence-electron chi connectivity index (χ1n) is 9.80. The van der Waals surface area contributed by atoms with Crippen molar-refractivity contribution in [3.8, 4) is 16.9 Å². The summed E-state index contributed by atoms with van der Waals surface area (Å²) in [6.45, 7) is 7.11. The van der Waals surface area contributed by atoms with E-state index in [0.29, 0.717) is 6.61 Å². The number of hydrogen-bond donors (Lipinski definition) is 0. The molecule has 0 aromatic heterocycles. The van der Waals surface area contributed by atoms with Crippen molar-refractivity contribution < 1.29 is 14.3 Å². The highest BCUT2D eigenvalue weighted by Crippen LogP contribution is 2.28. The summed E-state index contributed by atoms with van der Waals surface area (Å²) >= 11 is 1.52. The third kappa shape index (κ3) is 7.30. The molecule has 2 aromatic rings. The topological polar surface area (TPSA) is 35.5 Å². The lowest BCUT2D eigenvalue weighted by molar-refractivity contribution is -0.142. The fourth-order valence-electron chi connectivity index (χ4n) is 2.70. The molecule has 0 aliphatic rings. The Bertz CT molecular complexity index is 680. The van der Waals surface area contributed by atoms with Crippen molar-refractivity contribution in [3.05, 3.63) is 48.5 Å². The standard InChI is InChI=1S/C23H30O3S/c1-4-6-7-8-17-26-21-13-9-19(10-14-21)20-11-15-22(16-12-20)27-18(3)23(24)25-5-2/h9-16,18H,4-8,17H2,1-3H3/t18-/m1/s1. The van der Waals surface area contributed by atoms with Gasteiger partial charge in [-0.15, -0.1) is 11.8 Å². The highest BCUT2D eigenvalue weighted by molar-refractivity contribution is 8.00. The smallest absolute Gasteiger partial charge is 0.319 e. The highest BCUT2D eigenvalue weighted by Gasteiger charge is 2.15. The summed E-state index contributed by atoms with van der Waals surface area (Å²) in [5.41, 5.74) is 2.31. The van der Waals surface area contributed by atoms with Crippen molar-refractivity contribution >= 4 is 17.7 Å². The number of thioether (sulfide) groups is 1. The van der Waals surface area contributed by atoms with Gasteiger partial charge in [0.25, 0.3) is 0 Å². The van der Waals surface area contributed by atoms with Gasteiger partial charge in [-0.2, -0.15) is 0 Å². The predicted molar refractivity (Wildman–Crippen MR) is 113 cm³/mol. The zero-order valence-corrected chi connectivity index (χ0v) is 17.4. The van der Waals surface area contributed by atoms with Gasteiger partial charge in [0, 0.05) is 4.90 Å². The van der Waals surface area contributed by atoms with Gasteiger partial charge in [0.2, 0.25) is 0 Å². The molecule has 3 nitrogen and oxygen atoms in total. The van der Waals surface area contributed by atoms with Crippen molar-refractivity contribution in [2.24, 2.45) is 0 Å². The van der Waals surface area contributed by atoms with E-state index in [9.17, 15) is 4.79 Å². The molecular weight excluding hydrogens is 356 g/mol. The number of esters is 1. The molecule has 0 aliphatic carbocycles. The summed E-state index contributed by atoms with van der Waals surface area (Å²) < 4.78 is 10.9. The molecule has 0 heterocycles. The number of hydrogen-bond acceptors (Lipinski definition) is 4. The van der Waals surface area contributed by atoms with Gasteiger partial charge in [0.1, 0.15) is 11.0 Å². The number of benzene rings is 2. The Hall–Kier alpha value is -1.94. The van der Waals surface area contributed by atoms with E-state index in [4.69, 9.17) is 9.47 Å². The third-order valence-corrected chi connectivity index (χ3v) is 5.33. The first kappa shape index (κ1) is 21.4. The van der Waals surface area contributed by atoms with Crippen LogP contribution in [-0.4, -0.2) is 24.4 Å². The van der Waals surface area contributed by atoms with E-state index in [1.807, 2.05) is 38.1 Å². The fourth-order valence-corrected chi connectivity index (χ4v) is 3.57. The van der Waals surface area contributed by atoms with E-state index in [1.54, 1.807) is 0 Å². The highest BCUT2D eigenvalue weighted by atomic mass is 32.2. The van der Waals surface area contributed by atoms with Crippen LogP contribution in [0.2, 0.25) is 0 Å². The van der Waals surface area contributed by atoms with Crippen molar-refractivity contribution in [1.29, 1.82) is 0 Å². The van der Waals surface area contributed by atoms with Crippen LogP contribution < -0.4 is 4.74 Å². The first-order valence-corrected chi connectivity index (χ1v) is 10.7. The van der Waals surface area contributed by atoms with Gasteiger partial charge >= 0.3 is 5.97 Å². The summed E-state index contributed by atoms with van der Waals surface area (Å²) in [6.07, 6.45) is 4.86. The number of unbranched alkanes of at least 4 members (excludes halogenated alkanes) is 3. The molecule has 2 aromatic carbocycles. The van der Waals surface area contributed by atoms with Crippen LogP contribution in [-0.2, 0) is 9.53 Å². The number of carbonyl (C=O) groups is 1. The van der Waals surface area contributed by atoms with Crippen molar-refractivity contribution in [1.82, 2.24) is 0 Å². The lowest BCUT2D eigenvalue weighted by Gasteiger charge is -2.11. The maximum absolute atomic E-state index is 11.7. The molecule has 0 spiro atoms. The SMILES string of the molecule is CCCCCCOc1ccc(-c2ccc(S[C@H](C)C(=O)OCC)cc2)cc1. The summed E-state index contributed by atoms with van der Waals surface area (Å²) in [6, 6.07) is 16.5. The van der Waals surface area contributed by atoms with Gasteiger partial charge in [-0.3, -0.25) is 4.79 Å². The average Bonchev–Trinajstić information content (AvgIpc) is 2.69. The van der Waals surface area contributed by atoms with Crippen LogP contribution in [0.5, 0.6) is 5.75 Å². The summed E-state index contributed by atoms with van der Waals surface area (Å²) in [7, 11) is 0. The van der Waals surface area contributed by atoms with Crippen LogP contribution in [0.4, 0.5) is 0 Å². The minimum Gasteiger partial charge on any atom is -0.494 e. The van der Waals surface area contributed by atoms with Crippen LogP contribution in [0.1, 0.15) is 46.5 Å². The molecule has 2 rings (SSSR count). The maximum Gasteiger partial charge on any atom is 0.319 e. The minimum atomic E-state index is -0.204. The van der Waals surface area contributed by atoms with Gasteiger partial charge in [-0.05, 0) is 55.7 Å². The van der Waals surface area contributed by atoms with Gasteiger partial charge in [0.15, 0.2) is 0 Å². The molecule has 0 saturated heterocycles. The minimum absolute atomic E-state index is 0.170. The van der Waals surface area contributed by atoms with E-state index in [1.165, 1.54) is 31.0 Å². The molecule has 0 fully saturated rings. The van der Waals surface area contributed by atoms with Crippen molar-refractivity contribution in [2.75, 3.05) is 13.2 Å². The molecule has 0 aliphatic heterocycles. The second-order valence-corrected chi connectivity index (χ2v) is 7.88. The van der Waals surface area contributed by atoms with Crippen molar-refractivity contribution in [3.63, 3.8) is 0 Å². The Balaban J connectivity index is 1.88. The first-order chi connectivity index (χ1) is 13.1. The average molecular weight is 387 g/mol. The largest absolute Gasteiger partial charge is 0.494 e. The third-order valence-electron chi connectivity index (χ3n) is 4.24. The van der Waals surface area contributed by atoms with Gasteiger partial charge in [-0.25, -0.2) is 0 Å². The predicted octanol–water partition coefficient (Wildman–Crippen LogP) is 6.36. The molecule has 0 saturated carbocycles. The summed E-state index contributed by atoms with van der Waals surface area (Å²) in [5.74, 6) is 0.752. The maximum atomic E-state index is 11.7. The van der Waals surface area contributed by atoms with E-state index in [-0.39, 0.29) is 11.2 Å². The molecule has 27 heavy (non-hydrogen) atoms. The van der Waals surface area contributed by atoms with Crippen LogP contribution in [0.15, 0.2) is 53.4 Å². The van der Waals surface area contributed by atoms with Crippen LogP contribution in [0, 0.1) is 0 Å². The van der Waals surface area contributed by atoms with E-state index in [2.05, 4.69) is 31.2 Å². The Labute approximate surface area is 167 Å². The Morgan fingerprint density at radius 2 is 1.56 bits per heavy atom. The van der Waals surface area contributed by atoms with Crippen molar-refractivity contribution in [2.45, 2.75) is 56.6 Å². The van der Waals surface area contributed by atoms with Crippen LogP contribution in [0.25, 0.3) is 11.1 Å². The second-order valence-electron chi connectivity index (χ2n) is 6.47. The number of ether oxygens (including phenoxy) is 2. The van der Waals surface area contributed by atoms with E-state index < -0.39 is 0 Å². The van der Waals surface area contributed by atoms with E-state index in [0.717, 1.165) is 34.8 Å². The Kier molecular flexibility index (Phi) is 9.26. The van der Waals surface area contributed by atoms with Gasteiger partial charge in [-0.1, -0.05) is 50.5 Å². The Morgan fingerprint density at radius 3 is 2.15 bits per heavy atom. The molecular formula is C23H30O3S. The molecule has 146 valence electrons. The van der Waals surface area contributed by atoms with E-state index >= 15 is 0 Å². The lowest BCUT2D eigenvalue weighted by Crippen LogP contribution is -2.16. The molecule has 1 atom stereocenters. The summed E-state index contributed by atoms with van der Waals surface area (Å²) in [5, 5.41) is -0.204.